The van der Waals surface area contributed by atoms with Crippen LogP contribution in [0.4, 0.5) is 0 Å². The molecule has 2 aliphatic rings. The Labute approximate surface area is 150 Å². The number of aromatic nitrogens is 1. The predicted molar refractivity (Wildman–Crippen MR) is 97.2 cm³/mol. The van der Waals surface area contributed by atoms with Gasteiger partial charge in [-0.25, -0.2) is 0 Å². The van der Waals surface area contributed by atoms with Gasteiger partial charge in [0.15, 0.2) is 0 Å². The van der Waals surface area contributed by atoms with Crippen molar-refractivity contribution < 1.29 is 9.53 Å². The minimum Gasteiger partial charge on any atom is -0.376 e. The standard InChI is InChI=1S/C19H30N4O2/c1-21-10-12-22(13-11-21)9-7-19(24)23(16-18-6-4-14-25-18)15-17-5-2-3-8-20-17/h2-3,5,8,18H,4,6-7,9-16H2,1H3/t18-/m0/s1. The Bertz CT molecular complexity index is 525. The average molecular weight is 346 g/mol. The number of amides is 1. The van der Waals surface area contributed by atoms with E-state index >= 15 is 0 Å². The van der Waals surface area contributed by atoms with Crippen molar-refractivity contribution in [1.82, 2.24) is 19.7 Å². The maximum Gasteiger partial charge on any atom is 0.224 e. The molecule has 2 saturated heterocycles. The van der Waals surface area contributed by atoms with Crippen molar-refractivity contribution >= 4 is 5.91 Å². The van der Waals surface area contributed by atoms with Crippen LogP contribution in [0.15, 0.2) is 24.4 Å². The van der Waals surface area contributed by atoms with Gasteiger partial charge in [-0.3, -0.25) is 9.78 Å². The molecule has 0 bridgehead atoms. The van der Waals surface area contributed by atoms with Crippen LogP contribution in [0.1, 0.15) is 25.0 Å². The Morgan fingerprint density at radius 3 is 2.84 bits per heavy atom. The molecule has 0 radical (unpaired) electrons. The van der Waals surface area contributed by atoms with Crippen molar-refractivity contribution in [2.45, 2.75) is 31.9 Å². The number of carbonyl (C=O) groups is 1. The Morgan fingerprint density at radius 1 is 1.32 bits per heavy atom. The van der Waals surface area contributed by atoms with E-state index in [0.717, 1.165) is 57.9 Å². The third-order valence-electron chi connectivity index (χ3n) is 5.12. The number of likely N-dealkylation sites (N-methyl/N-ethyl adjacent to an activating group) is 1. The lowest BCUT2D eigenvalue weighted by atomic mass is 10.2. The maximum absolute atomic E-state index is 12.8. The molecule has 0 unspecified atom stereocenters. The first kappa shape index (κ1) is 18.3. The third-order valence-corrected chi connectivity index (χ3v) is 5.12. The first-order valence-electron chi connectivity index (χ1n) is 9.41. The van der Waals surface area contributed by atoms with Crippen LogP contribution in [0.5, 0.6) is 0 Å². The second-order valence-corrected chi connectivity index (χ2v) is 7.13. The van der Waals surface area contributed by atoms with Crippen molar-refractivity contribution in [3.8, 4) is 0 Å². The molecule has 6 heteroatoms. The van der Waals surface area contributed by atoms with Gasteiger partial charge in [-0.15, -0.1) is 0 Å². The molecule has 0 N–H and O–H groups in total. The highest BCUT2D eigenvalue weighted by atomic mass is 16.5. The molecule has 0 aromatic carbocycles. The fourth-order valence-electron chi connectivity index (χ4n) is 3.46. The van der Waals surface area contributed by atoms with Crippen LogP contribution >= 0.6 is 0 Å². The molecule has 3 rings (SSSR count). The van der Waals surface area contributed by atoms with Crippen LogP contribution < -0.4 is 0 Å². The van der Waals surface area contributed by atoms with Gasteiger partial charge in [0.2, 0.25) is 5.91 Å². The van der Waals surface area contributed by atoms with Crippen LogP contribution in [0, 0.1) is 0 Å². The van der Waals surface area contributed by atoms with Gasteiger partial charge in [-0.05, 0) is 32.0 Å². The summed E-state index contributed by atoms with van der Waals surface area (Å²) in [4.78, 5) is 23.9. The van der Waals surface area contributed by atoms with Gasteiger partial charge < -0.3 is 19.4 Å². The molecule has 3 heterocycles. The van der Waals surface area contributed by atoms with Gasteiger partial charge in [-0.2, -0.15) is 0 Å². The largest absolute Gasteiger partial charge is 0.376 e. The Kier molecular flexibility index (Phi) is 6.78. The summed E-state index contributed by atoms with van der Waals surface area (Å²) >= 11 is 0. The zero-order valence-electron chi connectivity index (χ0n) is 15.3. The summed E-state index contributed by atoms with van der Waals surface area (Å²) in [5, 5.41) is 0. The third kappa shape index (κ3) is 5.76. The zero-order chi connectivity index (χ0) is 17.5. The van der Waals surface area contributed by atoms with E-state index in [-0.39, 0.29) is 12.0 Å². The minimum atomic E-state index is 0.177. The van der Waals surface area contributed by atoms with Crippen LogP contribution in [0.2, 0.25) is 0 Å². The lowest BCUT2D eigenvalue weighted by Gasteiger charge is -2.33. The van der Waals surface area contributed by atoms with E-state index in [1.807, 2.05) is 23.1 Å². The lowest BCUT2D eigenvalue weighted by molar-refractivity contribution is -0.134. The van der Waals surface area contributed by atoms with Crippen molar-refractivity contribution in [1.29, 1.82) is 0 Å². The molecule has 1 atom stereocenters. The van der Waals surface area contributed by atoms with Gasteiger partial charge in [-0.1, -0.05) is 6.07 Å². The molecule has 6 nitrogen and oxygen atoms in total. The molecule has 25 heavy (non-hydrogen) atoms. The number of rotatable bonds is 7. The number of hydrogen-bond acceptors (Lipinski definition) is 5. The summed E-state index contributed by atoms with van der Waals surface area (Å²) in [5.74, 6) is 0.208. The number of nitrogens with zero attached hydrogens (tertiary/aromatic N) is 4. The topological polar surface area (TPSA) is 48.9 Å². The monoisotopic (exact) mass is 346 g/mol. The summed E-state index contributed by atoms with van der Waals surface area (Å²) in [6.07, 6.45) is 4.68. The summed E-state index contributed by atoms with van der Waals surface area (Å²) < 4.78 is 5.75. The summed E-state index contributed by atoms with van der Waals surface area (Å²) in [5.41, 5.74) is 0.938. The van der Waals surface area contributed by atoms with Crippen LogP contribution in [-0.4, -0.2) is 84.6 Å². The molecule has 138 valence electrons. The molecule has 2 fully saturated rings. The molecular weight excluding hydrogens is 316 g/mol. The van der Waals surface area contributed by atoms with Crippen molar-refractivity contribution in [2.24, 2.45) is 0 Å². The van der Waals surface area contributed by atoms with E-state index in [9.17, 15) is 4.79 Å². The maximum atomic E-state index is 12.8. The molecule has 1 aromatic heterocycles. The van der Waals surface area contributed by atoms with E-state index in [2.05, 4.69) is 21.8 Å². The molecule has 1 aromatic rings. The second-order valence-electron chi connectivity index (χ2n) is 7.13. The molecule has 0 saturated carbocycles. The van der Waals surface area contributed by atoms with Crippen LogP contribution in [0.3, 0.4) is 0 Å². The van der Waals surface area contributed by atoms with Crippen LogP contribution in [0.25, 0.3) is 0 Å². The Balaban J connectivity index is 1.54. The van der Waals surface area contributed by atoms with Crippen molar-refractivity contribution in [3.05, 3.63) is 30.1 Å². The van der Waals surface area contributed by atoms with Gasteiger partial charge in [0.25, 0.3) is 0 Å². The summed E-state index contributed by atoms with van der Waals surface area (Å²) in [6, 6.07) is 5.86. The Morgan fingerprint density at radius 2 is 2.16 bits per heavy atom. The number of pyridine rings is 1. The van der Waals surface area contributed by atoms with E-state index in [1.165, 1.54) is 0 Å². The SMILES string of the molecule is CN1CCN(CCC(=O)N(Cc2ccccn2)C[C@@H]2CCCO2)CC1. The number of ether oxygens (including phenoxy) is 1. The summed E-state index contributed by atoms with van der Waals surface area (Å²) in [6.45, 7) is 7.18. The van der Waals surface area contributed by atoms with E-state index < -0.39 is 0 Å². The molecule has 0 spiro atoms. The van der Waals surface area contributed by atoms with E-state index in [4.69, 9.17) is 4.74 Å². The number of piperazine rings is 1. The van der Waals surface area contributed by atoms with Crippen molar-refractivity contribution in [2.75, 3.05) is 52.9 Å². The van der Waals surface area contributed by atoms with Crippen molar-refractivity contribution in [3.63, 3.8) is 0 Å². The number of hydrogen-bond donors (Lipinski definition) is 0. The molecule has 0 aliphatic carbocycles. The quantitative estimate of drug-likeness (QED) is 0.743. The van der Waals surface area contributed by atoms with E-state index in [1.54, 1.807) is 6.20 Å². The highest BCUT2D eigenvalue weighted by Crippen LogP contribution is 2.15. The molecule has 2 aliphatic heterocycles. The van der Waals surface area contributed by atoms with E-state index in [0.29, 0.717) is 19.5 Å². The summed E-state index contributed by atoms with van der Waals surface area (Å²) in [7, 11) is 2.15. The van der Waals surface area contributed by atoms with Crippen LogP contribution in [-0.2, 0) is 16.1 Å². The minimum absolute atomic E-state index is 0.177. The normalized spacial score (nSPS) is 22.2. The smallest absolute Gasteiger partial charge is 0.224 e. The van der Waals surface area contributed by atoms with Gasteiger partial charge in [0, 0.05) is 58.5 Å². The highest BCUT2D eigenvalue weighted by Gasteiger charge is 2.24. The van der Waals surface area contributed by atoms with Gasteiger partial charge in [0.05, 0.1) is 18.3 Å². The number of carbonyl (C=O) groups excluding carboxylic acids is 1. The first-order valence-corrected chi connectivity index (χ1v) is 9.41. The average Bonchev–Trinajstić information content (AvgIpc) is 3.14. The van der Waals surface area contributed by atoms with Gasteiger partial charge in [0.1, 0.15) is 0 Å². The first-order chi connectivity index (χ1) is 12.2. The lowest BCUT2D eigenvalue weighted by Crippen LogP contribution is -2.46. The predicted octanol–water partition coefficient (Wildman–Crippen LogP) is 1.23. The Hall–Kier alpha value is -1.50. The van der Waals surface area contributed by atoms with Gasteiger partial charge >= 0.3 is 0 Å². The molecular formula is C19H30N4O2. The molecule has 1 amide bonds. The fourth-order valence-corrected chi connectivity index (χ4v) is 3.46. The second kappa shape index (κ2) is 9.27. The zero-order valence-corrected chi connectivity index (χ0v) is 15.3. The fraction of sp³-hybridized carbons (Fsp3) is 0.684. The highest BCUT2D eigenvalue weighted by molar-refractivity contribution is 5.76.